The first-order valence-corrected chi connectivity index (χ1v) is 8.48. The molecule has 1 rings (SSSR count). The highest BCUT2D eigenvalue weighted by Crippen LogP contribution is 2.15. The average molecular weight is 335 g/mol. The van der Waals surface area contributed by atoms with Crippen LogP contribution < -0.4 is 5.32 Å². The molecule has 0 aliphatic heterocycles. The Kier molecular flexibility index (Phi) is 9.08. The average Bonchev–Trinajstić information content (AvgIpc) is 2.61. The zero-order valence-corrected chi connectivity index (χ0v) is 15.1. The predicted molar refractivity (Wildman–Crippen MR) is 93.6 cm³/mol. The molecule has 0 spiro atoms. The summed E-state index contributed by atoms with van der Waals surface area (Å²) >= 11 is 0. The second-order valence-electron chi connectivity index (χ2n) is 5.98. The van der Waals surface area contributed by atoms with Crippen molar-refractivity contribution in [2.45, 2.75) is 51.7 Å². The molecule has 0 fully saturated rings. The highest BCUT2D eigenvalue weighted by atomic mass is 16.5. The van der Waals surface area contributed by atoms with Crippen LogP contribution in [0.2, 0.25) is 0 Å². The third kappa shape index (κ3) is 6.32. The van der Waals surface area contributed by atoms with Gasteiger partial charge in [-0.15, -0.1) is 0 Å². The fourth-order valence-electron chi connectivity index (χ4n) is 2.63. The van der Waals surface area contributed by atoms with Crippen molar-refractivity contribution in [1.82, 2.24) is 5.32 Å². The number of hydrogen-bond acceptors (Lipinski definition) is 4. The van der Waals surface area contributed by atoms with Crippen LogP contribution in [0.25, 0.3) is 0 Å². The van der Waals surface area contributed by atoms with Crippen molar-refractivity contribution < 1.29 is 19.1 Å². The van der Waals surface area contributed by atoms with Crippen LogP contribution in [0.5, 0.6) is 0 Å². The second-order valence-corrected chi connectivity index (χ2v) is 5.98. The number of hydrogen-bond donors (Lipinski definition) is 1. The summed E-state index contributed by atoms with van der Waals surface area (Å²) in [6.45, 7) is 3.93. The molecular formula is C19H29NO4. The van der Waals surface area contributed by atoms with E-state index in [4.69, 9.17) is 9.47 Å². The first kappa shape index (κ1) is 20.2. The van der Waals surface area contributed by atoms with Crippen LogP contribution in [0.1, 0.15) is 38.7 Å². The SMILES string of the molecule is CCCC[C@H](OC)[C@@H](C)C(=O)N[C@@H](Cc1ccccc1)C(=O)OC. The van der Waals surface area contributed by atoms with E-state index in [9.17, 15) is 9.59 Å². The zero-order chi connectivity index (χ0) is 17.9. The first-order chi connectivity index (χ1) is 11.5. The fraction of sp³-hybridized carbons (Fsp3) is 0.579. The number of amides is 1. The van der Waals surface area contributed by atoms with Gasteiger partial charge < -0.3 is 14.8 Å². The molecule has 0 unspecified atom stereocenters. The van der Waals surface area contributed by atoms with Gasteiger partial charge in [0, 0.05) is 13.5 Å². The van der Waals surface area contributed by atoms with Crippen LogP contribution >= 0.6 is 0 Å². The lowest BCUT2D eigenvalue weighted by Crippen LogP contribution is -2.47. The summed E-state index contributed by atoms with van der Waals surface area (Å²) in [6, 6.07) is 8.86. The Hall–Kier alpha value is -1.88. The summed E-state index contributed by atoms with van der Waals surface area (Å²) in [4.78, 5) is 24.5. The minimum atomic E-state index is -0.698. The Bertz CT molecular complexity index is 503. The number of benzene rings is 1. The predicted octanol–water partition coefficient (Wildman–Crippen LogP) is 2.73. The summed E-state index contributed by atoms with van der Waals surface area (Å²) in [6.07, 6.45) is 3.12. The van der Waals surface area contributed by atoms with E-state index in [2.05, 4.69) is 12.2 Å². The minimum Gasteiger partial charge on any atom is -0.467 e. The van der Waals surface area contributed by atoms with Gasteiger partial charge in [0.05, 0.1) is 19.1 Å². The van der Waals surface area contributed by atoms with Gasteiger partial charge in [-0.2, -0.15) is 0 Å². The molecule has 1 N–H and O–H groups in total. The molecule has 0 aliphatic carbocycles. The highest BCUT2D eigenvalue weighted by molar-refractivity contribution is 5.86. The molecule has 0 heterocycles. The highest BCUT2D eigenvalue weighted by Gasteiger charge is 2.28. The van der Waals surface area contributed by atoms with E-state index in [1.54, 1.807) is 7.11 Å². The lowest BCUT2D eigenvalue weighted by atomic mass is 9.97. The lowest BCUT2D eigenvalue weighted by molar-refractivity contribution is -0.146. The van der Waals surface area contributed by atoms with Crippen LogP contribution in [-0.4, -0.2) is 38.2 Å². The number of carbonyl (C=O) groups excluding carboxylic acids is 2. The van der Waals surface area contributed by atoms with Gasteiger partial charge >= 0.3 is 5.97 Å². The molecule has 0 radical (unpaired) electrons. The number of rotatable bonds is 10. The van der Waals surface area contributed by atoms with Gasteiger partial charge in [0.1, 0.15) is 6.04 Å². The van der Waals surface area contributed by atoms with E-state index in [-0.39, 0.29) is 17.9 Å². The first-order valence-electron chi connectivity index (χ1n) is 8.48. The molecule has 0 saturated heterocycles. The Balaban J connectivity index is 2.74. The number of unbranched alkanes of at least 4 members (excludes halogenated alkanes) is 1. The normalized spacial score (nSPS) is 14.5. The maximum atomic E-state index is 12.5. The fourth-order valence-corrected chi connectivity index (χ4v) is 2.63. The van der Waals surface area contributed by atoms with Gasteiger partial charge in [-0.05, 0) is 12.0 Å². The van der Waals surface area contributed by atoms with Crippen molar-refractivity contribution in [1.29, 1.82) is 0 Å². The smallest absolute Gasteiger partial charge is 0.328 e. The lowest BCUT2D eigenvalue weighted by Gasteiger charge is -2.24. The van der Waals surface area contributed by atoms with E-state index in [0.717, 1.165) is 24.8 Å². The van der Waals surface area contributed by atoms with E-state index >= 15 is 0 Å². The van der Waals surface area contributed by atoms with Crippen molar-refractivity contribution in [3.05, 3.63) is 35.9 Å². The van der Waals surface area contributed by atoms with Crippen molar-refractivity contribution >= 4 is 11.9 Å². The number of carbonyl (C=O) groups is 2. The van der Waals surface area contributed by atoms with Crippen molar-refractivity contribution in [2.75, 3.05) is 14.2 Å². The Morgan fingerprint density at radius 3 is 2.38 bits per heavy atom. The standard InChI is InChI=1S/C19H29NO4/c1-5-6-12-17(23-3)14(2)18(21)20-16(19(22)24-4)13-15-10-8-7-9-11-15/h7-11,14,16-17H,5-6,12-13H2,1-4H3,(H,20,21)/t14-,16+,17+/m1/s1. The van der Waals surface area contributed by atoms with Crippen molar-refractivity contribution in [2.24, 2.45) is 5.92 Å². The number of nitrogens with one attached hydrogen (secondary N) is 1. The third-order valence-electron chi connectivity index (χ3n) is 4.20. The van der Waals surface area contributed by atoms with Gasteiger partial charge in [0.25, 0.3) is 0 Å². The minimum absolute atomic E-state index is 0.153. The molecule has 0 aliphatic rings. The molecule has 1 aromatic rings. The molecule has 0 saturated carbocycles. The molecule has 0 bridgehead atoms. The molecule has 0 aromatic heterocycles. The summed E-state index contributed by atoms with van der Waals surface area (Å²) in [5.41, 5.74) is 0.968. The Morgan fingerprint density at radius 1 is 1.17 bits per heavy atom. The Morgan fingerprint density at radius 2 is 1.83 bits per heavy atom. The maximum absolute atomic E-state index is 12.5. The van der Waals surface area contributed by atoms with Gasteiger partial charge in [-0.3, -0.25) is 4.79 Å². The monoisotopic (exact) mass is 335 g/mol. The Labute approximate surface area is 144 Å². The van der Waals surface area contributed by atoms with Crippen molar-refractivity contribution in [3.63, 3.8) is 0 Å². The summed E-state index contributed by atoms with van der Waals surface area (Å²) in [5.74, 6) is -0.962. The third-order valence-corrected chi connectivity index (χ3v) is 4.20. The number of esters is 1. The van der Waals surface area contributed by atoms with Crippen LogP contribution in [0.3, 0.4) is 0 Å². The van der Waals surface area contributed by atoms with Crippen LogP contribution in [0, 0.1) is 5.92 Å². The topological polar surface area (TPSA) is 64.6 Å². The molecular weight excluding hydrogens is 306 g/mol. The number of methoxy groups -OCH3 is 2. The van der Waals surface area contributed by atoms with Crippen LogP contribution in [0.15, 0.2) is 30.3 Å². The van der Waals surface area contributed by atoms with Gasteiger partial charge in [-0.25, -0.2) is 4.79 Å². The molecule has 134 valence electrons. The van der Waals surface area contributed by atoms with Crippen LogP contribution in [-0.2, 0) is 25.5 Å². The van der Waals surface area contributed by atoms with E-state index in [0.29, 0.717) is 6.42 Å². The van der Waals surface area contributed by atoms with E-state index in [1.807, 2.05) is 37.3 Å². The van der Waals surface area contributed by atoms with Crippen molar-refractivity contribution in [3.8, 4) is 0 Å². The van der Waals surface area contributed by atoms with Gasteiger partial charge in [0.15, 0.2) is 0 Å². The summed E-state index contributed by atoms with van der Waals surface area (Å²) < 4.78 is 10.3. The summed E-state index contributed by atoms with van der Waals surface area (Å²) in [7, 11) is 2.95. The molecule has 1 amide bonds. The molecule has 5 heteroatoms. The summed E-state index contributed by atoms with van der Waals surface area (Å²) in [5, 5.41) is 2.81. The molecule has 5 nitrogen and oxygen atoms in total. The largest absolute Gasteiger partial charge is 0.467 e. The van der Waals surface area contributed by atoms with Gasteiger partial charge in [-0.1, -0.05) is 57.0 Å². The van der Waals surface area contributed by atoms with Crippen LogP contribution in [0.4, 0.5) is 0 Å². The maximum Gasteiger partial charge on any atom is 0.328 e. The van der Waals surface area contributed by atoms with E-state index in [1.165, 1.54) is 7.11 Å². The quantitative estimate of drug-likeness (QED) is 0.668. The van der Waals surface area contributed by atoms with E-state index < -0.39 is 12.0 Å². The zero-order valence-electron chi connectivity index (χ0n) is 15.1. The molecule has 3 atom stereocenters. The number of ether oxygens (including phenoxy) is 2. The molecule has 24 heavy (non-hydrogen) atoms. The molecule has 1 aromatic carbocycles. The second kappa shape index (κ2) is 10.8. The van der Waals surface area contributed by atoms with Gasteiger partial charge in [0.2, 0.25) is 5.91 Å².